The van der Waals surface area contributed by atoms with Crippen molar-refractivity contribution in [3.8, 4) is 0 Å². The molecule has 0 saturated carbocycles. The van der Waals surface area contributed by atoms with Gasteiger partial charge >= 0.3 is 23.7 Å². The number of ether oxygens (including phenoxy) is 2. The molecule has 3 amide bonds. The molecule has 2 fully saturated rings. The van der Waals surface area contributed by atoms with Crippen molar-refractivity contribution < 1.29 is 60.3 Å². The number of hydrogen-bond donors (Lipinski definition) is 4. The summed E-state index contributed by atoms with van der Waals surface area (Å²) in [7, 11) is -4.84. The van der Waals surface area contributed by atoms with Gasteiger partial charge in [0, 0.05) is 19.2 Å². The first-order chi connectivity index (χ1) is 18.6. The van der Waals surface area contributed by atoms with Crippen LogP contribution in [-0.4, -0.2) is 93.1 Å². The number of hydroxylamine groups is 2. The molecule has 0 radical (unpaired) electrons. The van der Waals surface area contributed by atoms with E-state index in [4.69, 9.17) is 19.8 Å². The predicted octanol–water partition coefficient (Wildman–Crippen LogP) is -1.52. The molecule has 20 heteroatoms. The van der Waals surface area contributed by atoms with Crippen LogP contribution in [0.5, 0.6) is 0 Å². The van der Waals surface area contributed by atoms with E-state index in [0.717, 1.165) is 12.3 Å². The lowest BCUT2D eigenvalue weighted by molar-refractivity contribution is -0.197. The SMILES string of the molecule is Nc1ccn([C@@H]2OC(COC(=O)NCCCCCC(=O)ON3C(=O)CC(S(=O)(=O)O)C3=O)C(O)C2(F)F)c(=O)n1. The number of nitrogen functional groups attached to an aromatic ring is 1. The molecule has 2 aliphatic heterocycles. The Bertz CT molecular complexity index is 1320. The molecular formula is C20H25F2N5O12S. The number of carbonyl (C=O) groups is 4. The van der Waals surface area contributed by atoms with Crippen LogP contribution in [0.3, 0.4) is 0 Å². The smallest absolute Gasteiger partial charge is 0.407 e. The molecule has 0 spiro atoms. The third-order valence-corrected chi connectivity index (χ3v) is 6.89. The number of nitrogens with zero attached hydrogens (tertiary/aromatic N) is 3. The number of alkyl carbamates (subject to hydrolysis) is 1. The van der Waals surface area contributed by atoms with E-state index in [2.05, 4.69) is 15.1 Å². The number of rotatable bonds is 11. The molecule has 1 aromatic rings. The summed E-state index contributed by atoms with van der Waals surface area (Å²) in [4.78, 5) is 67.0. The molecule has 2 aliphatic rings. The van der Waals surface area contributed by atoms with Crippen LogP contribution in [0.1, 0.15) is 38.3 Å². The van der Waals surface area contributed by atoms with E-state index in [1.165, 1.54) is 0 Å². The maximum Gasteiger partial charge on any atom is 0.407 e. The molecule has 5 N–H and O–H groups in total. The van der Waals surface area contributed by atoms with Crippen LogP contribution < -0.4 is 16.7 Å². The van der Waals surface area contributed by atoms with E-state index in [-0.39, 0.29) is 30.3 Å². The molecule has 222 valence electrons. The first kappa shape index (κ1) is 30.8. The topological polar surface area (TPSA) is 247 Å². The molecule has 40 heavy (non-hydrogen) atoms. The molecule has 3 heterocycles. The number of halogens is 2. The van der Waals surface area contributed by atoms with E-state index in [9.17, 15) is 46.3 Å². The van der Waals surface area contributed by atoms with Crippen LogP contribution in [0.15, 0.2) is 17.1 Å². The zero-order valence-corrected chi connectivity index (χ0v) is 21.3. The normalized spacial score (nSPS) is 24.2. The number of aliphatic hydroxyl groups is 1. The summed E-state index contributed by atoms with van der Waals surface area (Å²) < 4.78 is 70.4. The van der Waals surface area contributed by atoms with Crippen LogP contribution in [0.25, 0.3) is 0 Å². The number of hydrogen-bond acceptors (Lipinski definition) is 13. The molecule has 3 unspecified atom stereocenters. The van der Waals surface area contributed by atoms with Crippen LogP contribution in [0.2, 0.25) is 0 Å². The fourth-order valence-electron chi connectivity index (χ4n) is 3.74. The largest absolute Gasteiger partial charge is 0.447 e. The van der Waals surface area contributed by atoms with Crippen LogP contribution in [-0.2, 0) is 38.8 Å². The third kappa shape index (κ3) is 7.06. The quantitative estimate of drug-likeness (QED) is 0.129. The van der Waals surface area contributed by atoms with Crippen molar-refractivity contribution in [3.63, 3.8) is 0 Å². The highest BCUT2D eigenvalue weighted by molar-refractivity contribution is 7.87. The molecule has 4 atom stereocenters. The number of aromatic nitrogens is 2. The number of amides is 3. The van der Waals surface area contributed by atoms with Gasteiger partial charge in [-0.05, 0) is 18.9 Å². The number of carbonyl (C=O) groups excluding carboxylic acids is 4. The second-order valence-corrected chi connectivity index (χ2v) is 10.3. The van der Waals surface area contributed by atoms with Gasteiger partial charge in [-0.15, -0.1) is 5.06 Å². The van der Waals surface area contributed by atoms with Crippen molar-refractivity contribution in [2.24, 2.45) is 0 Å². The van der Waals surface area contributed by atoms with Gasteiger partial charge in [-0.25, -0.2) is 14.4 Å². The van der Waals surface area contributed by atoms with Crippen LogP contribution in [0, 0.1) is 0 Å². The second-order valence-electron chi connectivity index (χ2n) is 8.72. The predicted molar refractivity (Wildman–Crippen MR) is 123 cm³/mol. The summed E-state index contributed by atoms with van der Waals surface area (Å²) in [6.07, 6.45) is -6.66. The van der Waals surface area contributed by atoms with Gasteiger partial charge in [0.25, 0.3) is 21.9 Å². The highest BCUT2D eigenvalue weighted by Gasteiger charge is 2.60. The van der Waals surface area contributed by atoms with E-state index in [1.54, 1.807) is 0 Å². The molecular weight excluding hydrogens is 572 g/mol. The number of nitrogens with one attached hydrogen (secondary N) is 1. The van der Waals surface area contributed by atoms with E-state index in [0.29, 0.717) is 17.4 Å². The van der Waals surface area contributed by atoms with Crippen molar-refractivity contribution in [2.75, 3.05) is 18.9 Å². The molecule has 2 saturated heterocycles. The molecule has 0 aromatic carbocycles. The van der Waals surface area contributed by atoms with Gasteiger partial charge in [-0.1, -0.05) is 6.42 Å². The van der Waals surface area contributed by atoms with Gasteiger partial charge in [0.05, 0.1) is 6.42 Å². The van der Waals surface area contributed by atoms with Crippen molar-refractivity contribution in [3.05, 3.63) is 22.7 Å². The minimum atomic E-state index is -4.84. The number of nitrogens with two attached hydrogens (primary N) is 1. The van der Waals surface area contributed by atoms with Crippen molar-refractivity contribution >= 4 is 39.8 Å². The number of imide groups is 1. The number of unbranched alkanes of at least 4 members (excludes halogenated alkanes) is 2. The zero-order chi connectivity index (χ0) is 29.8. The highest BCUT2D eigenvalue weighted by Crippen LogP contribution is 2.42. The van der Waals surface area contributed by atoms with E-state index in [1.807, 2.05) is 0 Å². The zero-order valence-electron chi connectivity index (χ0n) is 20.5. The van der Waals surface area contributed by atoms with Crippen LogP contribution in [0.4, 0.5) is 19.4 Å². The van der Waals surface area contributed by atoms with Gasteiger partial charge in [-0.2, -0.15) is 22.2 Å². The van der Waals surface area contributed by atoms with E-state index < -0.39 is 82.3 Å². The van der Waals surface area contributed by atoms with Crippen molar-refractivity contribution in [1.29, 1.82) is 0 Å². The Morgan fingerprint density at radius 2 is 1.95 bits per heavy atom. The molecule has 0 aliphatic carbocycles. The summed E-state index contributed by atoms with van der Waals surface area (Å²) in [5.41, 5.74) is 4.20. The van der Waals surface area contributed by atoms with Gasteiger partial charge in [0.15, 0.2) is 11.4 Å². The lowest BCUT2D eigenvalue weighted by Crippen LogP contribution is -2.42. The minimum absolute atomic E-state index is 0.00761. The van der Waals surface area contributed by atoms with Crippen molar-refractivity contribution in [1.82, 2.24) is 19.9 Å². The molecule has 17 nitrogen and oxygen atoms in total. The van der Waals surface area contributed by atoms with Crippen molar-refractivity contribution in [2.45, 2.75) is 61.7 Å². The third-order valence-electron chi connectivity index (χ3n) is 5.80. The van der Waals surface area contributed by atoms with Gasteiger partial charge < -0.3 is 30.5 Å². The molecule has 1 aromatic heterocycles. The number of aliphatic hydroxyl groups excluding tert-OH is 1. The Morgan fingerprint density at radius 1 is 1.25 bits per heavy atom. The Labute approximate surface area is 223 Å². The average Bonchev–Trinajstić information content (AvgIpc) is 3.26. The summed E-state index contributed by atoms with van der Waals surface area (Å²) in [5.74, 6) is -7.61. The Morgan fingerprint density at radius 3 is 2.58 bits per heavy atom. The number of alkyl halides is 2. The summed E-state index contributed by atoms with van der Waals surface area (Å²) >= 11 is 0. The summed E-state index contributed by atoms with van der Waals surface area (Å²) in [6.45, 7) is -0.735. The fraction of sp³-hybridized carbons (Fsp3) is 0.600. The Balaban J connectivity index is 1.34. The fourth-order valence-corrected chi connectivity index (χ4v) is 4.44. The highest BCUT2D eigenvalue weighted by atomic mass is 32.2. The van der Waals surface area contributed by atoms with Gasteiger partial charge in [0.2, 0.25) is 6.23 Å². The molecule has 0 bridgehead atoms. The summed E-state index contributed by atoms with van der Waals surface area (Å²) in [6, 6.07) is 1.09. The maximum atomic E-state index is 14.5. The maximum absolute atomic E-state index is 14.5. The first-order valence-corrected chi connectivity index (χ1v) is 13.1. The van der Waals surface area contributed by atoms with Gasteiger partial charge in [0.1, 0.15) is 18.5 Å². The Hall–Kier alpha value is -3.75. The Kier molecular flexibility index (Phi) is 9.38. The van der Waals surface area contributed by atoms with E-state index >= 15 is 0 Å². The van der Waals surface area contributed by atoms with Gasteiger partial charge in [-0.3, -0.25) is 18.7 Å². The average molecular weight is 598 g/mol. The second kappa shape index (κ2) is 12.2. The monoisotopic (exact) mass is 597 g/mol. The minimum Gasteiger partial charge on any atom is -0.447 e. The first-order valence-electron chi connectivity index (χ1n) is 11.6. The number of anilines is 1. The lowest BCUT2D eigenvalue weighted by Gasteiger charge is -2.20. The summed E-state index contributed by atoms with van der Waals surface area (Å²) in [5, 5.41) is 10.2. The lowest BCUT2D eigenvalue weighted by atomic mass is 10.1. The van der Waals surface area contributed by atoms with Crippen LogP contribution >= 0.6 is 0 Å². The molecule has 3 rings (SSSR count). The standard InChI is InChI=1S/C20H25F2N5O12S/c21-20(22)15(30)10(38-17(20)26-7-5-12(23)25-18(26)32)9-37-19(33)24-6-3-1-2-4-14(29)39-27-13(28)8-11(16(27)31)40(34,35)36/h5,7,10-11,15,17,30H,1-4,6,8-9H2,(H,24,33)(H2,23,25,32)(H,34,35,36)/t10?,11?,15?,17-/m1/s1.